The summed E-state index contributed by atoms with van der Waals surface area (Å²) in [5, 5.41) is 12.1. The monoisotopic (exact) mass is 304 g/mol. The first kappa shape index (κ1) is 15.7. The van der Waals surface area contributed by atoms with E-state index in [9.17, 15) is 23.1 Å². The van der Waals surface area contributed by atoms with Crippen molar-refractivity contribution in [3.05, 3.63) is 29.6 Å². The molecule has 0 aliphatic carbocycles. The van der Waals surface area contributed by atoms with Crippen molar-refractivity contribution in [1.29, 1.82) is 0 Å². The number of alkyl halides is 3. The summed E-state index contributed by atoms with van der Waals surface area (Å²) in [6.45, 7) is 0.564. The number of amides is 1. The molecule has 0 atom stereocenters. The Hall–Kier alpha value is -1.67. The van der Waals surface area contributed by atoms with Gasteiger partial charge in [0.05, 0.1) is 17.7 Å². The zero-order chi connectivity index (χ0) is 15.5. The van der Waals surface area contributed by atoms with Gasteiger partial charge in [-0.3, -0.25) is 9.78 Å². The van der Waals surface area contributed by atoms with Crippen LogP contribution in [0.1, 0.15) is 28.9 Å². The highest BCUT2D eigenvalue weighted by molar-refractivity contribution is 5.94. The Labute approximate surface area is 119 Å². The topological polar surface area (TPSA) is 71.5 Å². The highest BCUT2D eigenvalue weighted by atomic mass is 19.4. The second-order valence-electron chi connectivity index (χ2n) is 4.93. The third-order valence-corrected chi connectivity index (χ3v) is 3.45. The van der Waals surface area contributed by atoms with E-state index in [4.69, 9.17) is 4.74 Å². The van der Waals surface area contributed by atoms with Gasteiger partial charge in [-0.05, 0) is 25.0 Å². The molecule has 1 fully saturated rings. The molecular formula is C13H15F3N2O3. The van der Waals surface area contributed by atoms with Crippen LogP contribution in [0.3, 0.4) is 0 Å². The Kier molecular flexibility index (Phi) is 4.48. The lowest BCUT2D eigenvalue weighted by Crippen LogP contribution is -2.54. The molecule has 0 spiro atoms. The number of halogens is 3. The van der Waals surface area contributed by atoms with E-state index >= 15 is 0 Å². The van der Waals surface area contributed by atoms with E-state index in [1.807, 2.05) is 0 Å². The van der Waals surface area contributed by atoms with Gasteiger partial charge in [-0.15, -0.1) is 0 Å². The number of ether oxygens (including phenoxy) is 1. The van der Waals surface area contributed by atoms with Crippen molar-refractivity contribution in [3.63, 3.8) is 0 Å². The Balaban J connectivity index is 2.09. The van der Waals surface area contributed by atoms with Crippen LogP contribution in [-0.4, -0.2) is 41.4 Å². The van der Waals surface area contributed by atoms with E-state index in [-0.39, 0.29) is 12.2 Å². The molecule has 2 rings (SSSR count). The number of hydrogen-bond acceptors (Lipinski definition) is 4. The molecule has 1 aliphatic rings. The number of aromatic nitrogens is 1. The van der Waals surface area contributed by atoms with Gasteiger partial charge in [0.15, 0.2) is 0 Å². The normalized spacial score (nSPS) is 18.3. The minimum Gasteiger partial charge on any atom is -0.394 e. The summed E-state index contributed by atoms with van der Waals surface area (Å²) in [6.07, 6.45) is -2.77. The number of rotatable bonds is 3. The molecule has 1 aliphatic heterocycles. The summed E-state index contributed by atoms with van der Waals surface area (Å²) in [4.78, 5) is 15.3. The van der Waals surface area contributed by atoms with E-state index in [1.54, 1.807) is 0 Å². The summed E-state index contributed by atoms with van der Waals surface area (Å²) < 4.78 is 42.4. The maximum Gasteiger partial charge on any atom is 0.433 e. The number of nitrogens with one attached hydrogen (secondary N) is 1. The third-order valence-electron chi connectivity index (χ3n) is 3.45. The van der Waals surface area contributed by atoms with Crippen LogP contribution in [0.5, 0.6) is 0 Å². The standard InChI is InChI=1S/C13H15F3N2O3/c14-13(15,16)10-2-1-9(7-17-10)11(20)18-12(8-19)3-5-21-6-4-12/h1-2,7,19H,3-6,8H2,(H,18,20). The van der Waals surface area contributed by atoms with E-state index in [0.717, 1.165) is 18.3 Å². The average molecular weight is 304 g/mol. The minimum absolute atomic E-state index is 0.0160. The molecule has 5 nitrogen and oxygen atoms in total. The second-order valence-corrected chi connectivity index (χ2v) is 4.93. The fourth-order valence-corrected chi connectivity index (χ4v) is 2.09. The highest BCUT2D eigenvalue weighted by Crippen LogP contribution is 2.27. The Morgan fingerprint density at radius 1 is 1.38 bits per heavy atom. The van der Waals surface area contributed by atoms with Gasteiger partial charge in [0.1, 0.15) is 5.69 Å². The number of aliphatic hydroxyl groups is 1. The first-order valence-electron chi connectivity index (χ1n) is 6.41. The maximum atomic E-state index is 12.4. The van der Waals surface area contributed by atoms with E-state index < -0.39 is 23.3 Å². The fourth-order valence-electron chi connectivity index (χ4n) is 2.09. The van der Waals surface area contributed by atoms with Crippen molar-refractivity contribution in [2.75, 3.05) is 19.8 Å². The lowest BCUT2D eigenvalue weighted by Gasteiger charge is -2.36. The van der Waals surface area contributed by atoms with Crippen LogP contribution < -0.4 is 5.32 Å². The van der Waals surface area contributed by atoms with Gasteiger partial charge in [0.2, 0.25) is 0 Å². The predicted molar refractivity (Wildman–Crippen MR) is 66.6 cm³/mol. The maximum absolute atomic E-state index is 12.4. The molecule has 0 saturated carbocycles. The molecule has 0 radical (unpaired) electrons. The average Bonchev–Trinajstić information content (AvgIpc) is 2.47. The summed E-state index contributed by atoms with van der Waals surface area (Å²) in [7, 11) is 0. The largest absolute Gasteiger partial charge is 0.433 e. The van der Waals surface area contributed by atoms with Crippen molar-refractivity contribution in [1.82, 2.24) is 10.3 Å². The lowest BCUT2D eigenvalue weighted by atomic mass is 9.90. The number of nitrogens with zero attached hydrogens (tertiary/aromatic N) is 1. The van der Waals surface area contributed by atoms with Crippen LogP contribution in [-0.2, 0) is 10.9 Å². The van der Waals surface area contributed by atoms with Gasteiger partial charge in [-0.2, -0.15) is 13.2 Å². The molecule has 1 amide bonds. The molecule has 0 unspecified atom stereocenters. The van der Waals surface area contributed by atoms with E-state index in [2.05, 4.69) is 10.3 Å². The number of hydrogen-bond donors (Lipinski definition) is 2. The molecule has 1 aromatic rings. The highest BCUT2D eigenvalue weighted by Gasteiger charge is 2.35. The first-order chi connectivity index (χ1) is 9.86. The molecule has 1 aromatic heterocycles. The number of carbonyl (C=O) groups excluding carboxylic acids is 1. The number of aliphatic hydroxyl groups excluding tert-OH is 1. The molecule has 0 bridgehead atoms. The van der Waals surface area contributed by atoms with Gasteiger partial charge < -0.3 is 15.2 Å². The van der Waals surface area contributed by atoms with Crippen molar-refractivity contribution < 1.29 is 27.8 Å². The molecule has 0 aromatic carbocycles. The quantitative estimate of drug-likeness (QED) is 0.885. The summed E-state index contributed by atoms with van der Waals surface area (Å²) in [5.41, 5.74) is -1.83. The van der Waals surface area contributed by atoms with Crippen molar-refractivity contribution in [3.8, 4) is 0 Å². The van der Waals surface area contributed by atoms with Crippen molar-refractivity contribution >= 4 is 5.91 Å². The summed E-state index contributed by atoms with van der Waals surface area (Å²) >= 11 is 0. The first-order valence-corrected chi connectivity index (χ1v) is 6.41. The second kappa shape index (κ2) is 5.98. The fraction of sp³-hybridized carbons (Fsp3) is 0.538. The lowest BCUT2D eigenvalue weighted by molar-refractivity contribution is -0.141. The minimum atomic E-state index is -4.54. The van der Waals surface area contributed by atoms with Gasteiger partial charge >= 0.3 is 6.18 Å². The molecule has 21 heavy (non-hydrogen) atoms. The SMILES string of the molecule is O=C(NC1(CO)CCOCC1)c1ccc(C(F)(F)F)nc1. The third kappa shape index (κ3) is 3.70. The van der Waals surface area contributed by atoms with Crippen molar-refractivity contribution in [2.24, 2.45) is 0 Å². The molecule has 116 valence electrons. The van der Waals surface area contributed by atoms with Gasteiger partial charge in [-0.25, -0.2) is 0 Å². The molecule has 8 heteroatoms. The van der Waals surface area contributed by atoms with Crippen LogP contribution in [0.15, 0.2) is 18.3 Å². The Morgan fingerprint density at radius 2 is 2.05 bits per heavy atom. The molecular weight excluding hydrogens is 289 g/mol. The van der Waals surface area contributed by atoms with Crippen LogP contribution in [0, 0.1) is 0 Å². The number of carbonyl (C=O) groups is 1. The molecule has 2 heterocycles. The van der Waals surface area contributed by atoms with Crippen LogP contribution in [0.4, 0.5) is 13.2 Å². The Morgan fingerprint density at radius 3 is 2.52 bits per heavy atom. The van der Waals surface area contributed by atoms with E-state index in [0.29, 0.717) is 26.1 Å². The molecule has 2 N–H and O–H groups in total. The summed E-state index contributed by atoms with van der Waals surface area (Å²) in [5.74, 6) is -0.563. The summed E-state index contributed by atoms with van der Waals surface area (Å²) in [6, 6.07) is 1.82. The zero-order valence-electron chi connectivity index (χ0n) is 11.1. The number of pyridine rings is 1. The smallest absolute Gasteiger partial charge is 0.394 e. The molecule has 1 saturated heterocycles. The van der Waals surface area contributed by atoms with Gasteiger partial charge in [0.25, 0.3) is 5.91 Å². The van der Waals surface area contributed by atoms with Crippen LogP contribution >= 0.6 is 0 Å². The van der Waals surface area contributed by atoms with Crippen molar-refractivity contribution in [2.45, 2.75) is 24.6 Å². The van der Waals surface area contributed by atoms with Crippen LogP contribution in [0.25, 0.3) is 0 Å². The Bertz CT molecular complexity index is 496. The van der Waals surface area contributed by atoms with E-state index in [1.165, 1.54) is 0 Å². The predicted octanol–water partition coefficient (Wildman–Crippen LogP) is 1.37. The van der Waals surface area contributed by atoms with Gasteiger partial charge in [0, 0.05) is 19.4 Å². The zero-order valence-corrected chi connectivity index (χ0v) is 11.1. The van der Waals surface area contributed by atoms with Gasteiger partial charge in [-0.1, -0.05) is 0 Å². The van der Waals surface area contributed by atoms with Crippen LogP contribution in [0.2, 0.25) is 0 Å².